The van der Waals surface area contributed by atoms with E-state index in [1.165, 1.54) is 10.5 Å². The van der Waals surface area contributed by atoms with Gasteiger partial charge in [-0.15, -0.1) is 0 Å². The number of esters is 2. The Hall–Kier alpha value is -4.96. The van der Waals surface area contributed by atoms with Crippen LogP contribution in [0.15, 0.2) is 84.4 Å². The molecule has 2 N–H and O–H groups in total. The lowest BCUT2D eigenvalue weighted by molar-refractivity contribution is -0.218. The first kappa shape index (κ1) is 50.2. The van der Waals surface area contributed by atoms with Gasteiger partial charge < -0.3 is 39.0 Å². The Labute approximate surface area is 429 Å². The van der Waals surface area contributed by atoms with Crippen molar-refractivity contribution in [3.05, 3.63) is 112 Å². The summed E-state index contributed by atoms with van der Waals surface area (Å²) in [6.07, 6.45) is 5.84. The quantitative estimate of drug-likeness (QED) is 0.131. The Kier molecular flexibility index (Phi) is 12.9. The van der Waals surface area contributed by atoms with Gasteiger partial charge in [-0.3, -0.25) is 24.0 Å². The van der Waals surface area contributed by atoms with Gasteiger partial charge in [-0.2, -0.15) is 5.06 Å². The van der Waals surface area contributed by atoms with Gasteiger partial charge in [0.25, 0.3) is 0 Å². The molecule has 3 aromatic rings. The molecular formula is C59H73N3O11. The van der Waals surface area contributed by atoms with Crippen LogP contribution in [0, 0.1) is 22.7 Å². The Bertz CT molecular complexity index is 2640. The van der Waals surface area contributed by atoms with Gasteiger partial charge in [-0.25, -0.2) is 0 Å². The van der Waals surface area contributed by atoms with Crippen LogP contribution < -0.4 is 5.32 Å². The van der Waals surface area contributed by atoms with Gasteiger partial charge in [-0.1, -0.05) is 104 Å². The summed E-state index contributed by atoms with van der Waals surface area (Å²) in [6, 6.07) is 22.7. The number of likely N-dealkylation sites (N-methyl/N-ethyl adjacent to an activating group) is 1. The third kappa shape index (κ3) is 9.26. The summed E-state index contributed by atoms with van der Waals surface area (Å²) < 4.78 is 32.3. The molecule has 7 fully saturated rings. The zero-order chi connectivity index (χ0) is 51.2. The van der Waals surface area contributed by atoms with Crippen LogP contribution in [0.4, 0.5) is 0 Å². The molecule has 73 heavy (non-hydrogen) atoms. The third-order valence-corrected chi connectivity index (χ3v) is 17.9. The topological polar surface area (TPSA) is 166 Å². The molecule has 14 heteroatoms. The number of hydroxylamine groups is 2. The Morgan fingerprint density at radius 1 is 0.918 bits per heavy atom. The molecule has 1 unspecified atom stereocenters. The molecule has 4 aliphatic carbocycles. The second-order valence-corrected chi connectivity index (χ2v) is 24.4. The lowest BCUT2D eigenvalue weighted by atomic mass is 9.52. The van der Waals surface area contributed by atoms with E-state index in [9.17, 15) is 14.7 Å². The minimum atomic E-state index is -1.56. The fraction of sp³-hybridized carbons (Fsp3) is 0.593. The smallest absolute Gasteiger partial charge is 0.327 e. The van der Waals surface area contributed by atoms with Crippen molar-refractivity contribution < 1.29 is 52.8 Å². The van der Waals surface area contributed by atoms with E-state index >= 15 is 9.59 Å². The van der Waals surface area contributed by atoms with Crippen molar-refractivity contribution in [2.45, 2.75) is 184 Å². The fourth-order valence-electron chi connectivity index (χ4n) is 14.0. The number of carbonyl (C=O) groups is 4. The summed E-state index contributed by atoms with van der Waals surface area (Å²) in [5, 5.41) is 15.1. The van der Waals surface area contributed by atoms with Crippen LogP contribution in [0.3, 0.4) is 0 Å². The number of nitrogens with one attached hydrogen (secondary N) is 1. The van der Waals surface area contributed by atoms with Gasteiger partial charge in [0.15, 0.2) is 11.8 Å². The predicted molar refractivity (Wildman–Crippen MR) is 270 cm³/mol. The average Bonchev–Trinajstić information content (AvgIpc) is 3.61. The molecular weight excluding hydrogens is 927 g/mol. The number of epoxide rings is 1. The molecule has 4 saturated heterocycles. The van der Waals surface area contributed by atoms with Gasteiger partial charge in [0.1, 0.15) is 41.5 Å². The summed E-state index contributed by atoms with van der Waals surface area (Å²) >= 11 is 0. The van der Waals surface area contributed by atoms with E-state index in [1.54, 1.807) is 32.9 Å². The van der Waals surface area contributed by atoms with Crippen molar-refractivity contribution in [2.24, 2.45) is 22.7 Å². The lowest BCUT2D eigenvalue weighted by Crippen LogP contribution is -2.70. The summed E-state index contributed by atoms with van der Waals surface area (Å²) in [4.78, 5) is 67.2. The Morgan fingerprint density at radius 2 is 1.62 bits per heavy atom. The number of carbonyl (C=O) groups excluding carboxylic acids is 4. The first-order chi connectivity index (χ1) is 34.8. The van der Waals surface area contributed by atoms with Crippen molar-refractivity contribution in [1.82, 2.24) is 15.3 Å². The van der Waals surface area contributed by atoms with Crippen molar-refractivity contribution in [3.8, 4) is 0 Å². The number of nitrogens with zero attached hydrogens (tertiary/aromatic N) is 2. The second kappa shape index (κ2) is 18.7. The molecule has 2 bridgehead atoms. The van der Waals surface area contributed by atoms with Crippen LogP contribution in [-0.2, 0) is 73.5 Å². The molecule has 4 aliphatic heterocycles. The van der Waals surface area contributed by atoms with E-state index in [2.05, 4.69) is 56.4 Å². The first-order valence-electron chi connectivity index (χ1n) is 26.8. The molecule has 3 saturated carbocycles. The number of hydrogen-bond donors (Lipinski definition) is 2. The van der Waals surface area contributed by atoms with Crippen molar-refractivity contribution >= 4 is 29.8 Å². The number of amides is 2. The highest BCUT2D eigenvalue weighted by Gasteiger charge is 2.77. The highest BCUT2D eigenvalue weighted by Crippen LogP contribution is 2.61. The summed E-state index contributed by atoms with van der Waals surface area (Å²) in [7, 11) is 1.60. The summed E-state index contributed by atoms with van der Waals surface area (Å²) in [5.74, 6) is -2.03. The van der Waals surface area contributed by atoms with E-state index in [1.807, 2.05) is 54.6 Å². The largest absolute Gasteiger partial charge is 0.460 e. The molecule has 2 amide bonds. The SMILES string of the molecule is CN(C(=O)[C@@]12C[C@H]3OC(=O)[C@@H]1N(Cc1ccccc1C=C1CCC4O[C@]4(C)CC[C@@H]4[C@@H]1CC4(C)C)O[C@@H]2[C@H]1OC2(Cc4ccccc4C2)O[C@H]13)[C@H](Cc1ccccc1)C(=O)N[C@H](CO)CCC(=O)OC(C)(C)C. The molecule has 8 aliphatic rings. The molecule has 14 nitrogen and oxygen atoms in total. The molecule has 0 radical (unpaired) electrons. The maximum Gasteiger partial charge on any atom is 0.327 e. The van der Waals surface area contributed by atoms with E-state index in [0.717, 1.165) is 59.9 Å². The zero-order valence-corrected chi connectivity index (χ0v) is 43.5. The number of aliphatic hydroxyl groups excluding tert-OH is 1. The molecule has 4 heterocycles. The average molecular weight is 1000 g/mol. The van der Waals surface area contributed by atoms with Gasteiger partial charge in [0.2, 0.25) is 11.8 Å². The maximum atomic E-state index is 16.2. The number of allylic oxidation sites excluding steroid dienone is 1. The lowest BCUT2D eigenvalue weighted by Gasteiger charge is -2.53. The van der Waals surface area contributed by atoms with Crippen molar-refractivity contribution in [3.63, 3.8) is 0 Å². The van der Waals surface area contributed by atoms with Crippen LogP contribution in [0.1, 0.15) is 121 Å². The summed E-state index contributed by atoms with van der Waals surface area (Å²) in [6.45, 7) is 12.1. The summed E-state index contributed by atoms with van der Waals surface area (Å²) in [5.41, 5.74) is 4.38. The number of benzene rings is 3. The van der Waals surface area contributed by atoms with Crippen molar-refractivity contribution in [2.75, 3.05) is 13.7 Å². The van der Waals surface area contributed by atoms with Gasteiger partial charge in [0.05, 0.1) is 30.9 Å². The highest BCUT2D eigenvalue weighted by atomic mass is 16.8. The van der Waals surface area contributed by atoms with Crippen LogP contribution >= 0.6 is 0 Å². The fourth-order valence-corrected chi connectivity index (χ4v) is 14.0. The standard InChI is InChI=1S/C59H73N3O11/c1-55(2,3)70-47(64)24-22-41(34-63)60-52(65)44(27-35-15-9-8-10-16-35)61(7)54(67)59-32-45-48-49(72-58(71-48)29-38-18-12-13-19-39(38)30-58)51(59)73-62(50(59)53(66)68-45)33-40-20-14-11-17-36(40)28-37-21-23-46-57(6,69-46)26-25-43-42(37)31-56(43,4)5/h8-20,28,41-46,48-51,63H,21-27,29-34H2,1-7H3,(H,60,65)/t41-,42+,43+,44+,45+,46?,48-,49-,50-,51+,57+,59-/m0/s1. The van der Waals surface area contributed by atoms with Crippen molar-refractivity contribution in [1.29, 1.82) is 0 Å². The van der Waals surface area contributed by atoms with Crippen LogP contribution in [0.2, 0.25) is 0 Å². The zero-order valence-electron chi connectivity index (χ0n) is 43.5. The van der Waals surface area contributed by atoms with Crippen LogP contribution in [0.25, 0.3) is 6.08 Å². The molecule has 11 rings (SSSR count). The second-order valence-electron chi connectivity index (χ2n) is 24.4. The highest BCUT2D eigenvalue weighted by molar-refractivity contribution is 5.96. The molecule has 3 aromatic carbocycles. The molecule has 12 atom stereocenters. The predicted octanol–water partition coefficient (Wildman–Crippen LogP) is 7.21. The van der Waals surface area contributed by atoms with E-state index < -0.39 is 89.7 Å². The minimum absolute atomic E-state index is 0.0321. The number of aliphatic hydroxyl groups is 1. The van der Waals surface area contributed by atoms with E-state index in [0.29, 0.717) is 24.7 Å². The normalized spacial score (nSPS) is 33.6. The molecule has 0 aromatic heterocycles. The Balaban J connectivity index is 0.933. The number of ether oxygens (including phenoxy) is 5. The van der Waals surface area contributed by atoms with E-state index in [-0.39, 0.29) is 49.3 Å². The number of hydrogen-bond acceptors (Lipinski definition) is 12. The van der Waals surface area contributed by atoms with Gasteiger partial charge >= 0.3 is 11.9 Å². The van der Waals surface area contributed by atoms with Crippen LogP contribution in [0.5, 0.6) is 0 Å². The third-order valence-electron chi connectivity index (χ3n) is 17.9. The van der Waals surface area contributed by atoms with E-state index in [4.69, 9.17) is 28.5 Å². The molecule has 1 spiro atoms. The van der Waals surface area contributed by atoms with Crippen LogP contribution in [-0.4, -0.2) is 118 Å². The molecule has 390 valence electrons. The number of fused-ring (bicyclic) bond motifs is 7. The number of rotatable bonds is 13. The monoisotopic (exact) mass is 1000 g/mol. The Morgan fingerprint density at radius 3 is 2.33 bits per heavy atom. The van der Waals surface area contributed by atoms with Gasteiger partial charge in [-0.05, 0) is 111 Å². The minimum Gasteiger partial charge on any atom is -0.460 e. The maximum absolute atomic E-state index is 16.2. The first-order valence-corrected chi connectivity index (χ1v) is 26.8. The van der Waals surface area contributed by atoms with Gasteiger partial charge in [0, 0.05) is 39.2 Å².